The smallest absolute Gasteiger partial charge is 0.463 e. The Morgan fingerprint density at radius 1 is 0.756 bits per heavy atom. The first-order valence-electron chi connectivity index (χ1n) is 12.5. The molecule has 0 saturated carbocycles. The summed E-state index contributed by atoms with van der Waals surface area (Å²) in [6, 6.07) is 6.20. The van der Waals surface area contributed by atoms with Crippen LogP contribution in [0.4, 0.5) is 4.79 Å². The lowest BCUT2D eigenvalue weighted by Gasteiger charge is -2.44. The number of ether oxygens (including phenoxy) is 6. The summed E-state index contributed by atoms with van der Waals surface area (Å²) in [7, 11) is 0. The van der Waals surface area contributed by atoms with Gasteiger partial charge in [-0.15, -0.1) is 0 Å². The molecule has 2 aliphatic heterocycles. The van der Waals surface area contributed by atoms with Crippen molar-refractivity contribution in [3.05, 3.63) is 35.4 Å². The zero-order valence-corrected chi connectivity index (χ0v) is 22.7. The van der Waals surface area contributed by atoms with Crippen molar-refractivity contribution >= 4 is 41.8 Å². The second-order valence-electron chi connectivity index (χ2n) is 9.07. The molecule has 0 radical (unpaired) electrons. The number of hydroxylamine groups is 2. The van der Waals surface area contributed by atoms with E-state index in [1.54, 1.807) is 24.3 Å². The molecule has 222 valence electrons. The lowest BCUT2D eigenvalue weighted by molar-refractivity contribution is -0.254. The summed E-state index contributed by atoms with van der Waals surface area (Å²) in [5.74, 6) is -4.18. The minimum atomic E-state index is -1.33. The van der Waals surface area contributed by atoms with Gasteiger partial charge in [0.2, 0.25) is 0 Å². The van der Waals surface area contributed by atoms with E-state index in [0.29, 0.717) is 16.2 Å². The normalized spacial score (nSPS) is 23.8. The molecule has 0 aliphatic carbocycles. The van der Waals surface area contributed by atoms with Crippen molar-refractivity contribution in [2.75, 3.05) is 6.61 Å². The molecule has 5 atom stereocenters. The first-order chi connectivity index (χ1) is 19.3. The monoisotopic (exact) mass is 579 g/mol. The molecule has 2 fully saturated rings. The van der Waals surface area contributed by atoms with E-state index in [0.717, 1.165) is 20.8 Å². The largest absolute Gasteiger partial charge is 0.534 e. The highest BCUT2D eigenvalue weighted by molar-refractivity contribution is 6.01. The number of amides is 2. The molecule has 0 N–H and O–H groups in total. The molecule has 1 aromatic rings. The average Bonchev–Trinajstić information content (AvgIpc) is 3.20. The van der Waals surface area contributed by atoms with Crippen molar-refractivity contribution in [1.29, 1.82) is 0 Å². The number of benzene rings is 1. The zero-order chi connectivity index (χ0) is 30.3. The number of rotatable bonds is 9. The lowest BCUT2D eigenvalue weighted by atomic mass is 9.90. The van der Waals surface area contributed by atoms with Gasteiger partial charge in [-0.05, 0) is 11.1 Å². The summed E-state index contributed by atoms with van der Waals surface area (Å²) in [6.07, 6.45) is -7.46. The molecule has 2 aliphatic rings. The van der Waals surface area contributed by atoms with Crippen LogP contribution in [0, 0.1) is 0 Å². The third kappa shape index (κ3) is 8.48. The van der Waals surface area contributed by atoms with Crippen LogP contribution in [0.5, 0.6) is 0 Å². The SMILES string of the molecule is CC(=O)OC[C@H]1O[C@@H](c2ccc(COC(=O)ON3C(=O)CCC3=O)cc2)[C@H](OC(C)=O)[C@@H](OC(C)=O)[C@H]1OC(C)=O. The van der Waals surface area contributed by atoms with Crippen molar-refractivity contribution in [2.24, 2.45) is 0 Å². The maximum Gasteiger partial charge on any atom is 0.534 e. The molecule has 15 heteroatoms. The molecule has 3 rings (SSSR count). The Labute approximate surface area is 233 Å². The molecule has 41 heavy (non-hydrogen) atoms. The van der Waals surface area contributed by atoms with Gasteiger partial charge in [0.25, 0.3) is 11.8 Å². The van der Waals surface area contributed by atoms with Gasteiger partial charge in [0.15, 0.2) is 18.3 Å². The summed E-state index contributed by atoms with van der Waals surface area (Å²) >= 11 is 0. The van der Waals surface area contributed by atoms with E-state index in [1.165, 1.54) is 6.92 Å². The number of nitrogens with zero attached hydrogens (tertiary/aromatic N) is 1. The minimum absolute atomic E-state index is 0.0627. The molecule has 2 amide bonds. The van der Waals surface area contributed by atoms with Crippen LogP contribution < -0.4 is 0 Å². The van der Waals surface area contributed by atoms with Crippen LogP contribution in [0.1, 0.15) is 57.8 Å². The van der Waals surface area contributed by atoms with Crippen LogP contribution in [0.15, 0.2) is 24.3 Å². The summed E-state index contributed by atoms with van der Waals surface area (Å²) in [6.45, 7) is 3.90. The molecule has 15 nitrogen and oxygen atoms in total. The van der Waals surface area contributed by atoms with Crippen LogP contribution in [-0.2, 0) is 68.6 Å². The van der Waals surface area contributed by atoms with Crippen LogP contribution in [0.25, 0.3) is 0 Å². The summed E-state index contributed by atoms with van der Waals surface area (Å²) in [4.78, 5) is 87.1. The molecule has 2 heterocycles. The number of carbonyl (C=O) groups is 7. The van der Waals surface area contributed by atoms with Crippen LogP contribution >= 0.6 is 0 Å². The quantitative estimate of drug-likeness (QED) is 0.231. The van der Waals surface area contributed by atoms with Crippen molar-refractivity contribution in [1.82, 2.24) is 5.06 Å². The highest BCUT2D eigenvalue weighted by Crippen LogP contribution is 2.37. The molecule has 2 saturated heterocycles. The van der Waals surface area contributed by atoms with Gasteiger partial charge in [-0.3, -0.25) is 33.6 Å². The Bertz CT molecular complexity index is 1180. The number of carbonyl (C=O) groups excluding carboxylic acids is 7. The van der Waals surface area contributed by atoms with Crippen molar-refractivity contribution in [3.63, 3.8) is 0 Å². The lowest BCUT2D eigenvalue weighted by Crippen LogP contribution is -2.59. The van der Waals surface area contributed by atoms with Crippen LogP contribution in [0.2, 0.25) is 0 Å². The van der Waals surface area contributed by atoms with E-state index in [4.69, 9.17) is 28.4 Å². The fraction of sp³-hybridized carbons (Fsp3) is 0.500. The zero-order valence-electron chi connectivity index (χ0n) is 22.7. The van der Waals surface area contributed by atoms with Gasteiger partial charge in [-0.2, -0.15) is 0 Å². The topological polar surface area (TPSA) is 187 Å². The summed E-state index contributed by atoms with van der Waals surface area (Å²) in [5, 5.41) is 0.357. The fourth-order valence-electron chi connectivity index (χ4n) is 4.20. The Kier molecular flexibility index (Phi) is 10.4. The second kappa shape index (κ2) is 13.7. The molecular weight excluding hydrogens is 550 g/mol. The van der Waals surface area contributed by atoms with E-state index >= 15 is 0 Å². The van der Waals surface area contributed by atoms with Crippen molar-refractivity contribution in [3.8, 4) is 0 Å². The molecule has 1 aromatic carbocycles. The van der Waals surface area contributed by atoms with E-state index in [-0.39, 0.29) is 26.1 Å². The predicted molar refractivity (Wildman–Crippen MR) is 130 cm³/mol. The third-order valence-electron chi connectivity index (χ3n) is 5.83. The van der Waals surface area contributed by atoms with Gasteiger partial charge in [0.1, 0.15) is 25.4 Å². The number of imide groups is 1. The Morgan fingerprint density at radius 2 is 1.29 bits per heavy atom. The van der Waals surface area contributed by atoms with E-state index < -0.39 is 72.4 Å². The maximum atomic E-state index is 12.0. The minimum Gasteiger partial charge on any atom is -0.463 e. The molecule has 0 aromatic heterocycles. The molecule has 0 bridgehead atoms. The van der Waals surface area contributed by atoms with Gasteiger partial charge in [0, 0.05) is 40.5 Å². The highest BCUT2D eigenvalue weighted by atomic mass is 16.8. The van der Waals surface area contributed by atoms with Gasteiger partial charge in [-0.1, -0.05) is 29.3 Å². The summed E-state index contributed by atoms with van der Waals surface area (Å²) in [5.41, 5.74) is 0.887. The van der Waals surface area contributed by atoms with Gasteiger partial charge < -0.3 is 28.4 Å². The van der Waals surface area contributed by atoms with E-state index in [2.05, 4.69) is 4.84 Å². The van der Waals surface area contributed by atoms with Crippen molar-refractivity contribution in [2.45, 2.75) is 77.7 Å². The Morgan fingerprint density at radius 3 is 1.83 bits per heavy atom. The summed E-state index contributed by atoms with van der Waals surface area (Å²) < 4.78 is 32.4. The van der Waals surface area contributed by atoms with Gasteiger partial charge in [0.05, 0.1) is 0 Å². The van der Waals surface area contributed by atoms with Crippen LogP contribution in [-0.4, -0.2) is 77.9 Å². The maximum absolute atomic E-state index is 12.0. The number of esters is 4. The van der Waals surface area contributed by atoms with Gasteiger partial charge >= 0.3 is 30.0 Å². The third-order valence-corrected chi connectivity index (χ3v) is 5.83. The molecule has 0 unspecified atom stereocenters. The number of hydrogen-bond donors (Lipinski definition) is 0. The Balaban J connectivity index is 1.82. The van der Waals surface area contributed by atoms with Crippen molar-refractivity contribution < 1.29 is 66.8 Å². The Hall–Kier alpha value is -4.53. The first-order valence-corrected chi connectivity index (χ1v) is 12.5. The predicted octanol–water partition coefficient (Wildman–Crippen LogP) is 1.20. The van der Waals surface area contributed by atoms with E-state index in [9.17, 15) is 33.6 Å². The highest BCUT2D eigenvalue weighted by Gasteiger charge is 2.52. The van der Waals surface area contributed by atoms with Crippen LogP contribution in [0.3, 0.4) is 0 Å². The first kappa shape index (κ1) is 31.0. The molecular formula is C26H29NO14. The van der Waals surface area contributed by atoms with E-state index in [1.807, 2.05) is 0 Å². The van der Waals surface area contributed by atoms with Gasteiger partial charge in [-0.25, -0.2) is 4.79 Å². The average molecular weight is 580 g/mol. The standard InChI is InChI=1S/C26H29NO14/c1-13(28)35-12-19-23(37-14(2)29)25(39-16(4)31)24(38-15(3)30)22(40-19)18-7-5-17(6-8-18)11-36-26(34)41-27-20(32)9-10-21(27)33/h5-8,19,22-25H,9-12H2,1-4H3/t19-,22+,23+,24+,25+/m1/s1. The molecule has 0 spiro atoms. The fourth-order valence-corrected chi connectivity index (χ4v) is 4.20. The number of hydrogen-bond acceptors (Lipinski definition) is 14. The second-order valence-corrected chi connectivity index (χ2v) is 9.07.